The van der Waals surface area contributed by atoms with E-state index >= 15 is 0 Å². The molecule has 0 aliphatic carbocycles. The van der Waals surface area contributed by atoms with Crippen molar-refractivity contribution in [1.29, 1.82) is 0 Å². The minimum Gasteiger partial charge on any atom is -0.463 e. The molecule has 0 aliphatic heterocycles. The van der Waals surface area contributed by atoms with E-state index < -0.39 is 10.4 Å². The molecule has 1 heterocycles. The highest BCUT2D eigenvalue weighted by Crippen LogP contribution is 2.18. The van der Waals surface area contributed by atoms with Crippen molar-refractivity contribution < 1.29 is 21.9 Å². The van der Waals surface area contributed by atoms with Crippen LogP contribution in [0.5, 0.6) is 0 Å². The Morgan fingerprint density at radius 3 is 2.05 bits per heavy atom. The molecule has 0 spiro atoms. The largest absolute Gasteiger partial charge is 0.463 e. The summed E-state index contributed by atoms with van der Waals surface area (Å²) in [4.78, 5) is 12.3. The predicted molar refractivity (Wildman–Crippen MR) is 82.1 cm³/mol. The van der Waals surface area contributed by atoms with E-state index in [0.29, 0.717) is 16.5 Å². The van der Waals surface area contributed by atoms with Crippen molar-refractivity contribution in [3.05, 3.63) is 71.1 Å². The Morgan fingerprint density at radius 1 is 0.864 bits per heavy atom. The van der Waals surface area contributed by atoms with E-state index in [-0.39, 0.29) is 5.43 Å². The zero-order chi connectivity index (χ0) is 16.2. The average Bonchev–Trinajstić information content (AvgIpc) is 2.47. The Labute approximate surface area is 126 Å². The van der Waals surface area contributed by atoms with E-state index in [9.17, 15) is 4.79 Å². The highest BCUT2D eigenvalue weighted by molar-refractivity contribution is 7.79. The van der Waals surface area contributed by atoms with Crippen LogP contribution in [0.15, 0.2) is 70.1 Å². The van der Waals surface area contributed by atoms with Gasteiger partial charge in [0.2, 0.25) is 0 Å². The molecule has 2 N–H and O–H groups in total. The molecule has 3 rings (SSSR count). The number of rotatable bonds is 1. The van der Waals surface area contributed by atoms with Crippen molar-refractivity contribution in [3.63, 3.8) is 0 Å². The third kappa shape index (κ3) is 4.26. The molecule has 0 aliphatic rings. The van der Waals surface area contributed by atoms with Gasteiger partial charge in [0, 0.05) is 0 Å². The van der Waals surface area contributed by atoms with Crippen LogP contribution in [0.1, 0.15) is 0 Å². The SMILES string of the molecule is O=S(=O)(O)O.O=c1c(-c2ccccc2)coc2ccccc12. The van der Waals surface area contributed by atoms with Crippen molar-refractivity contribution in [3.8, 4) is 11.1 Å². The molecule has 7 heteroatoms. The van der Waals surface area contributed by atoms with E-state index in [0.717, 1.165) is 5.56 Å². The number of para-hydroxylation sites is 1. The fraction of sp³-hybridized carbons (Fsp3) is 0. The zero-order valence-corrected chi connectivity index (χ0v) is 12.0. The first-order valence-corrected chi connectivity index (χ1v) is 7.52. The first-order chi connectivity index (χ1) is 10.4. The Morgan fingerprint density at radius 2 is 1.41 bits per heavy atom. The van der Waals surface area contributed by atoms with E-state index in [2.05, 4.69) is 0 Å². The molecule has 0 amide bonds. The summed E-state index contributed by atoms with van der Waals surface area (Å²) in [6.07, 6.45) is 1.53. The van der Waals surface area contributed by atoms with Crippen LogP contribution in [0.4, 0.5) is 0 Å². The Kier molecular flexibility index (Phi) is 4.71. The van der Waals surface area contributed by atoms with Crippen molar-refractivity contribution in [2.24, 2.45) is 0 Å². The van der Waals surface area contributed by atoms with E-state index in [4.69, 9.17) is 21.9 Å². The maximum Gasteiger partial charge on any atom is 0.394 e. The molecule has 0 atom stereocenters. The van der Waals surface area contributed by atoms with Crippen molar-refractivity contribution in [2.45, 2.75) is 0 Å². The first-order valence-electron chi connectivity index (χ1n) is 6.12. The molecule has 0 unspecified atom stereocenters. The van der Waals surface area contributed by atoms with E-state index in [1.54, 1.807) is 12.1 Å². The van der Waals surface area contributed by atoms with Gasteiger partial charge in [0.05, 0.1) is 10.9 Å². The maximum absolute atomic E-state index is 12.3. The first kappa shape index (κ1) is 15.9. The standard InChI is InChI=1S/C15H10O2.H2O4S/c16-15-12-8-4-5-9-14(12)17-10-13(15)11-6-2-1-3-7-11;1-5(2,3)4/h1-10H;(H2,1,2,3,4). The lowest BCUT2D eigenvalue weighted by atomic mass is 10.1. The Hall–Kier alpha value is -2.48. The van der Waals surface area contributed by atoms with Gasteiger partial charge < -0.3 is 4.42 Å². The molecule has 0 radical (unpaired) electrons. The molecule has 0 saturated heterocycles. The Balaban J connectivity index is 0.000000309. The summed E-state index contributed by atoms with van der Waals surface area (Å²) in [7, 11) is -4.67. The molecule has 0 bridgehead atoms. The fourth-order valence-electron chi connectivity index (χ4n) is 1.89. The normalized spacial score (nSPS) is 10.8. The third-order valence-corrected chi connectivity index (χ3v) is 2.76. The van der Waals surface area contributed by atoms with Crippen LogP contribution in [0, 0.1) is 0 Å². The number of hydrogen-bond donors (Lipinski definition) is 2. The molecule has 1 aromatic heterocycles. The monoisotopic (exact) mass is 320 g/mol. The topological polar surface area (TPSA) is 105 Å². The summed E-state index contributed by atoms with van der Waals surface area (Å²) >= 11 is 0. The molecule has 2 aromatic carbocycles. The molecule has 114 valence electrons. The summed E-state index contributed by atoms with van der Waals surface area (Å²) in [5.41, 5.74) is 2.12. The molecule has 0 fully saturated rings. The van der Waals surface area contributed by atoms with Crippen LogP contribution in [0.25, 0.3) is 22.1 Å². The zero-order valence-electron chi connectivity index (χ0n) is 11.2. The van der Waals surface area contributed by atoms with Crippen molar-refractivity contribution >= 4 is 21.4 Å². The van der Waals surface area contributed by atoms with Gasteiger partial charge in [-0.15, -0.1) is 0 Å². The van der Waals surface area contributed by atoms with Gasteiger partial charge in [0.1, 0.15) is 11.8 Å². The van der Waals surface area contributed by atoms with Gasteiger partial charge in [-0.3, -0.25) is 13.9 Å². The van der Waals surface area contributed by atoms with Gasteiger partial charge in [-0.05, 0) is 17.7 Å². The minimum atomic E-state index is -4.67. The lowest BCUT2D eigenvalue weighted by Crippen LogP contribution is -2.04. The van der Waals surface area contributed by atoms with Crippen LogP contribution in [0.3, 0.4) is 0 Å². The molecule has 0 saturated carbocycles. The highest BCUT2D eigenvalue weighted by Gasteiger charge is 2.07. The summed E-state index contributed by atoms with van der Waals surface area (Å²) in [5.74, 6) is 0. The minimum absolute atomic E-state index is 0.0121. The molecular weight excluding hydrogens is 308 g/mol. The Bertz CT molecular complexity index is 921. The van der Waals surface area contributed by atoms with E-state index in [1.165, 1.54) is 6.26 Å². The second kappa shape index (κ2) is 6.52. The summed E-state index contributed by atoms with van der Waals surface area (Å²) in [5, 5.41) is 0.619. The molecule has 22 heavy (non-hydrogen) atoms. The molecule has 3 aromatic rings. The van der Waals surface area contributed by atoms with Gasteiger partial charge in [0.25, 0.3) is 0 Å². The van der Waals surface area contributed by atoms with Crippen LogP contribution >= 0.6 is 0 Å². The van der Waals surface area contributed by atoms with Crippen LogP contribution < -0.4 is 5.43 Å². The smallest absolute Gasteiger partial charge is 0.394 e. The number of benzene rings is 2. The van der Waals surface area contributed by atoms with Gasteiger partial charge in [-0.1, -0.05) is 42.5 Å². The molecular formula is C15H12O6S. The fourth-order valence-corrected chi connectivity index (χ4v) is 1.89. The predicted octanol–water partition coefficient (Wildman–Crippen LogP) is 2.81. The van der Waals surface area contributed by atoms with Gasteiger partial charge in [-0.25, -0.2) is 0 Å². The van der Waals surface area contributed by atoms with Gasteiger partial charge in [-0.2, -0.15) is 8.42 Å². The van der Waals surface area contributed by atoms with Gasteiger partial charge >= 0.3 is 10.4 Å². The lowest BCUT2D eigenvalue weighted by molar-refractivity contribution is 0.381. The summed E-state index contributed by atoms with van der Waals surface area (Å²) < 4.78 is 37.1. The van der Waals surface area contributed by atoms with Crippen LogP contribution in [0.2, 0.25) is 0 Å². The molecule has 6 nitrogen and oxygen atoms in total. The second-order valence-electron chi connectivity index (χ2n) is 4.29. The van der Waals surface area contributed by atoms with Crippen LogP contribution in [-0.4, -0.2) is 17.5 Å². The maximum atomic E-state index is 12.3. The summed E-state index contributed by atoms with van der Waals surface area (Å²) in [6.45, 7) is 0. The number of hydrogen-bond acceptors (Lipinski definition) is 4. The van der Waals surface area contributed by atoms with Crippen LogP contribution in [-0.2, 0) is 10.4 Å². The second-order valence-corrected chi connectivity index (χ2v) is 5.18. The number of fused-ring (bicyclic) bond motifs is 1. The summed E-state index contributed by atoms with van der Waals surface area (Å²) in [6, 6.07) is 16.8. The highest BCUT2D eigenvalue weighted by atomic mass is 32.3. The lowest BCUT2D eigenvalue weighted by Gasteiger charge is -2.01. The van der Waals surface area contributed by atoms with Crippen molar-refractivity contribution in [1.82, 2.24) is 0 Å². The van der Waals surface area contributed by atoms with E-state index in [1.807, 2.05) is 42.5 Å². The quantitative estimate of drug-likeness (QED) is 0.668. The third-order valence-electron chi connectivity index (χ3n) is 2.76. The average molecular weight is 320 g/mol. The van der Waals surface area contributed by atoms with Crippen molar-refractivity contribution in [2.75, 3.05) is 0 Å². The van der Waals surface area contributed by atoms with Gasteiger partial charge in [0.15, 0.2) is 5.43 Å².